The van der Waals surface area contributed by atoms with E-state index in [2.05, 4.69) is 22.0 Å². The molecule has 0 saturated heterocycles. The summed E-state index contributed by atoms with van der Waals surface area (Å²) in [6.45, 7) is 2.00. The van der Waals surface area contributed by atoms with Crippen molar-refractivity contribution in [1.82, 2.24) is 4.90 Å². The van der Waals surface area contributed by atoms with Crippen LogP contribution in [0.25, 0.3) is 0 Å². The van der Waals surface area contributed by atoms with E-state index >= 15 is 0 Å². The lowest BCUT2D eigenvalue weighted by Gasteiger charge is -2.26. The number of amides is 1. The van der Waals surface area contributed by atoms with Gasteiger partial charge in [-0.3, -0.25) is 4.79 Å². The number of nitrogen functional groups attached to an aromatic ring is 1. The van der Waals surface area contributed by atoms with Crippen LogP contribution in [0.5, 0.6) is 0 Å². The van der Waals surface area contributed by atoms with Gasteiger partial charge in [0.05, 0.1) is 6.61 Å². The van der Waals surface area contributed by atoms with Crippen LogP contribution in [0.3, 0.4) is 0 Å². The molecule has 0 fully saturated rings. The van der Waals surface area contributed by atoms with Crippen LogP contribution >= 0.6 is 15.9 Å². The second-order valence-corrected chi connectivity index (χ2v) is 5.39. The molecular formula is C14H17BrN2O2. The quantitative estimate of drug-likeness (QED) is 0.686. The van der Waals surface area contributed by atoms with Gasteiger partial charge in [-0.2, -0.15) is 0 Å². The van der Waals surface area contributed by atoms with E-state index in [-0.39, 0.29) is 5.91 Å². The van der Waals surface area contributed by atoms with Gasteiger partial charge in [0, 0.05) is 35.9 Å². The lowest BCUT2D eigenvalue weighted by Crippen LogP contribution is -2.35. The molecule has 2 rings (SSSR count). The molecule has 1 heterocycles. The molecule has 1 aliphatic heterocycles. The summed E-state index contributed by atoms with van der Waals surface area (Å²) in [5, 5.41) is 0. The number of nitrogens with zero attached hydrogens (tertiary/aromatic N) is 1. The summed E-state index contributed by atoms with van der Waals surface area (Å²) in [7, 11) is 1.68. The fourth-order valence-electron chi connectivity index (χ4n) is 2.07. The van der Waals surface area contributed by atoms with Gasteiger partial charge in [-0.25, -0.2) is 0 Å². The third-order valence-corrected chi connectivity index (χ3v) is 3.89. The number of carbonyl (C=O) groups is 1. The van der Waals surface area contributed by atoms with Gasteiger partial charge in [0.15, 0.2) is 0 Å². The van der Waals surface area contributed by atoms with Crippen LogP contribution in [0, 0.1) is 0 Å². The highest BCUT2D eigenvalue weighted by Gasteiger charge is 2.19. The molecule has 19 heavy (non-hydrogen) atoms. The van der Waals surface area contributed by atoms with E-state index in [0.29, 0.717) is 24.4 Å². The molecule has 0 unspecified atom stereocenters. The molecular weight excluding hydrogens is 308 g/mol. The van der Waals surface area contributed by atoms with E-state index in [1.54, 1.807) is 25.3 Å². The highest BCUT2D eigenvalue weighted by atomic mass is 79.9. The Hall–Kier alpha value is -1.33. The normalized spacial score (nSPS) is 15.3. The number of ether oxygens (including phenoxy) is 1. The first-order valence-corrected chi connectivity index (χ1v) is 6.92. The number of anilines is 1. The van der Waals surface area contributed by atoms with Gasteiger partial charge < -0.3 is 15.4 Å². The molecule has 1 amide bonds. The van der Waals surface area contributed by atoms with Crippen LogP contribution in [-0.4, -0.2) is 37.6 Å². The third kappa shape index (κ3) is 3.36. The molecule has 0 aliphatic carbocycles. The lowest BCUT2D eigenvalue weighted by molar-refractivity contribution is 0.0765. The Morgan fingerprint density at radius 1 is 1.53 bits per heavy atom. The zero-order valence-corrected chi connectivity index (χ0v) is 12.4. The maximum atomic E-state index is 12.3. The van der Waals surface area contributed by atoms with Crippen LogP contribution in [0.4, 0.5) is 5.69 Å². The number of benzene rings is 1. The van der Waals surface area contributed by atoms with Crippen molar-refractivity contribution in [3.05, 3.63) is 39.9 Å². The topological polar surface area (TPSA) is 55.6 Å². The summed E-state index contributed by atoms with van der Waals surface area (Å²) in [6, 6.07) is 5.30. The predicted octanol–water partition coefficient (Wildman–Crippen LogP) is 2.45. The van der Waals surface area contributed by atoms with E-state index in [0.717, 1.165) is 17.4 Å². The molecule has 0 saturated carbocycles. The highest BCUT2D eigenvalue weighted by Crippen LogP contribution is 2.22. The number of methoxy groups -OCH3 is 1. The number of nitrogens with two attached hydrogens (primary N) is 1. The van der Waals surface area contributed by atoms with E-state index < -0.39 is 0 Å². The van der Waals surface area contributed by atoms with Gasteiger partial charge in [-0.15, -0.1) is 0 Å². The summed E-state index contributed by atoms with van der Waals surface area (Å²) in [4.78, 5) is 14.1. The van der Waals surface area contributed by atoms with Crippen LogP contribution < -0.4 is 5.73 Å². The Morgan fingerprint density at radius 2 is 2.32 bits per heavy atom. The minimum absolute atomic E-state index is 0.0203. The smallest absolute Gasteiger partial charge is 0.254 e. The Bertz CT molecular complexity index is 514. The molecule has 0 atom stereocenters. The van der Waals surface area contributed by atoms with E-state index in [4.69, 9.17) is 10.5 Å². The van der Waals surface area contributed by atoms with Crippen molar-refractivity contribution in [2.75, 3.05) is 32.5 Å². The molecule has 5 heteroatoms. The molecule has 2 N–H and O–H groups in total. The molecule has 1 aromatic carbocycles. The fourth-order valence-corrected chi connectivity index (χ4v) is 2.32. The van der Waals surface area contributed by atoms with E-state index in [9.17, 15) is 4.79 Å². The van der Waals surface area contributed by atoms with Crippen molar-refractivity contribution < 1.29 is 9.53 Å². The van der Waals surface area contributed by atoms with Gasteiger partial charge in [0.25, 0.3) is 5.91 Å². The van der Waals surface area contributed by atoms with Gasteiger partial charge in [0.1, 0.15) is 0 Å². The first kappa shape index (κ1) is 14.1. The van der Waals surface area contributed by atoms with Crippen molar-refractivity contribution in [3.63, 3.8) is 0 Å². The summed E-state index contributed by atoms with van der Waals surface area (Å²) in [6.07, 6.45) is 2.93. The van der Waals surface area contributed by atoms with Crippen molar-refractivity contribution in [1.29, 1.82) is 0 Å². The molecule has 1 aromatic rings. The van der Waals surface area contributed by atoms with Crippen LogP contribution in [0.1, 0.15) is 16.8 Å². The number of rotatable bonds is 3. The molecule has 0 bridgehead atoms. The Kier molecular flexibility index (Phi) is 4.61. The molecule has 0 aromatic heterocycles. The standard InChI is InChI=1S/C14H17BrN2O2/c1-19-9-10-4-6-17(7-5-10)14(18)11-2-3-12(15)13(16)8-11/h2-4,8H,5-7,9,16H2,1H3. The van der Waals surface area contributed by atoms with E-state index in [1.165, 1.54) is 5.57 Å². The third-order valence-electron chi connectivity index (χ3n) is 3.16. The van der Waals surface area contributed by atoms with Crippen molar-refractivity contribution in [3.8, 4) is 0 Å². The number of hydrogen-bond donors (Lipinski definition) is 1. The molecule has 0 spiro atoms. The minimum atomic E-state index is 0.0203. The first-order chi connectivity index (χ1) is 9.11. The fraction of sp³-hybridized carbons (Fsp3) is 0.357. The number of carbonyl (C=O) groups excluding carboxylic acids is 1. The highest BCUT2D eigenvalue weighted by molar-refractivity contribution is 9.10. The molecule has 0 radical (unpaired) electrons. The summed E-state index contributed by atoms with van der Waals surface area (Å²) in [5.74, 6) is 0.0203. The predicted molar refractivity (Wildman–Crippen MR) is 79.0 cm³/mol. The maximum absolute atomic E-state index is 12.3. The molecule has 102 valence electrons. The monoisotopic (exact) mass is 324 g/mol. The maximum Gasteiger partial charge on any atom is 0.254 e. The first-order valence-electron chi connectivity index (χ1n) is 6.13. The van der Waals surface area contributed by atoms with Crippen molar-refractivity contribution in [2.24, 2.45) is 0 Å². The Morgan fingerprint density at radius 3 is 2.89 bits per heavy atom. The van der Waals surface area contributed by atoms with Crippen LogP contribution in [-0.2, 0) is 4.74 Å². The Balaban J connectivity index is 2.07. The van der Waals surface area contributed by atoms with Crippen molar-refractivity contribution >= 4 is 27.5 Å². The van der Waals surface area contributed by atoms with Crippen LogP contribution in [0.2, 0.25) is 0 Å². The second kappa shape index (κ2) is 6.21. The lowest BCUT2D eigenvalue weighted by atomic mass is 10.1. The van der Waals surface area contributed by atoms with Gasteiger partial charge in [0.2, 0.25) is 0 Å². The number of halogens is 1. The van der Waals surface area contributed by atoms with E-state index in [1.807, 2.05) is 4.90 Å². The van der Waals surface area contributed by atoms with Gasteiger partial charge >= 0.3 is 0 Å². The minimum Gasteiger partial charge on any atom is -0.398 e. The largest absolute Gasteiger partial charge is 0.398 e. The second-order valence-electron chi connectivity index (χ2n) is 4.53. The SMILES string of the molecule is COCC1=CCN(C(=O)c2ccc(Br)c(N)c2)CC1. The Labute approximate surface area is 121 Å². The van der Waals surface area contributed by atoms with Crippen molar-refractivity contribution in [2.45, 2.75) is 6.42 Å². The summed E-state index contributed by atoms with van der Waals surface area (Å²) < 4.78 is 5.91. The summed E-state index contributed by atoms with van der Waals surface area (Å²) in [5.41, 5.74) is 8.27. The molecule has 1 aliphatic rings. The zero-order chi connectivity index (χ0) is 13.8. The number of hydrogen-bond acceptors (Lipinski definition) is 3. The molecule has 4 nitrogen and oxygen atoms in total. The summed E-state index contributed by atoms with van der Waals surface area (Å²) >= 11 is 3.33. The van der Waals surface area contributed by atoms with Gasteiger partial charge in [-0.1, -0.05) is 6.08 Å². The average Bonchev–Trinajstić information content (AvgIpc) is 2.42. The average molecular weight is 325 g/mol. The zero-order valence-electron chi connectivity index (χ0n) is 10.9. The van der Waals surface area contributed by atoms with Gasteiger partial charge in [-0.05, 0) is 46.1 Å². The van der Waals surface area contributed by atoms with Crippen LogP contribution in [0.15, 0.2) is 34.3 Å².